The van der Waals surface area contributed by atoms with Crippen LogP contribution >= 0.6 is 0 Å². The third kappa shape index (κ3) is 5.10. The molecule has 1 unspecified atom stereocenters. The highest BCUT2D eigenvalue weighted by atomic mass is 16.5. The Morgan fingerprint density at radius 3 is 2.81 bits per heavy atom. The first-order valence-corrected chi connectivity index (χ1v) is 12.7. The first-order valence-electron chi connectivity index (χ1n) is 12.7. The first-order chi connectivity index (χ1) is 17.4. The molecular weight excluding hydrogens is 454 g/mol. The fourth-order valence-electron chi connectivity index (χ4n) is 5.15. The van der Waals surface area contributed by atoms with Gasteiger partial charge in [-0.2, -0.15) is 0 Å². The molecule has 3 heterocycles. The van der Waals surface area contributed by atoms with Gasteiger partial charge in [-0.1, -0.05) is 6.92 Å². The van der Waals surface area contributed by atoms with Crippen LogP contribution in [0, 0.1) is 6.92 Å². The predicted molar refractivity (Wildman–Crippen MR) is 138 cm³/mol. The van der Waals surface area contributed by atoms with Crippen molar-refractivity contribution in [2.24, 2.45) is 0 Å². The van der Waals surface area contributed by atoms with Crippen LogP contribution in [-0.4, -0.2) is 51.8 Å². The minimum atomic E-state index is -0.0629. The van der Waals surface area contributed by atoms with E-state index < -0.39 is 0 Å². The maximum atomic E-state index is 12.7. The summed E-state index contributed by atoms with van der Waals surface area (Å²) in [6, 6.07) is 9.79. The molecule has 0 saturated carbocycles. The van der Waals surface area contributed by atoms with E-state index in [2.05, 4.69) is 28.6 Å². The molecule has 8 heteroatoms. The summed E-state index contributed by atoms with van der Waals surface area (Å²) in [5.74, 6) is 0.417. The number of ether oxygens (including phenoxy) is 1. The molecule has 36 heavy (non-hydrogen) atoms. The van der Waals surface area contributed by atoms with Crippen molar-refractivity contribution in [1.82, 2.24) is 20.3 Å². The lowest BCUT2D eigenvalue weighted by Crippen LogP contribution is -2.38. The number of hydrogen-bond acceptors (Lipinski definition) is 7. The summed E-state index contributed by atoms with van der Waals surface area (Å²) in [7, 11) is 0. The molecule has 1 saturated heterocycles. The van der Waals surface area contributed by atoms with E-state index in [4.69, 9.17) is 14.7 Å². The van der Waals surface area contributed by atoms with Crippen molar-refractivity contribution in [2.45, 2.75) is 57.4 Å². The van der Waals surface area contributed by atoms with Gasteiger partial charge < -0.3 is 20.5 Å². The minimum Gasteiger partial charge on any atom is -0.396 e. The molecule has 0 bridgehead atoms. The summed E-state index contributed by atoms with van der Waals surface area (Å²) in [5.41, 5.74) is 6.38. The molecule has 0 radical (unpaired) electrons. The highest BCUT2D eigenvalue weighted by Gasteiger charge is 2.35. The van der Waals surface area contributed by atoms with Crippen molar-refractivity contribution >= 4 is 17.5 Å². The molecule has 1 fully saturated rings. The number of aliphatic hydroxyl groups excluding tert-OH is 1. The van der Waals surface area contributed by atoms with Crippen LogP contribution in [0.3, 0.4) is 0 Å². The molecule has 2 aliphatic rings. The zero-order valence-corrected chi connectivity index (χ0v) is 20.9. The Morgan fingerprint density at radius 1 is 1.19 bits per heavy atom. The van der Waals surface area contributed by atoms with Crippen molar-refractivity contribution in [3.05, 3.63) is 65.1 Å². The zero-order chi connectivity index (χ0) is 25.1. The lowest BCUT2D eigenvalue weighted by molar-refractivity contribution is 0.0696. The zero-order valence-electron chi connectivity index (χ0n) is 20.9. The monoisotopic (exact) mass is 487 g/mol. The van der Waals surface area contributed by atoms with Crippen molar-refractivity contribution in [2.75, 3.05) is 25.1 Å². The molecule has 3 aromatic rings. The number of benzene rings is 1. The van der Waals surface area contributed by atoms with Gasteiger partial charge in [0.1, 0.15) is 0 Å². The molecular formula is C28H33N5O3. The van der Waals surface area contributed by atoms with Gasteiger partial charge in [0.25, 0.3) is 5.91 Å². The smallest absolute Gasteiger partial charge is 0.251 e. The number of carbonyl (C=O) groups is 1. The van der Waals surface area contributed by atoms with Gasteiger partial charge in [0.2, 0.25) is 5.95 Å². The van der Waals surface area contributed by atoms with Crippen LogP contribution in [0.4, 0.5) is 11.6 Å². The van der Waals surface area contributed by atoms with E-state index in [-0.39, 0.29) is 24.0 Å². The van der Waals surface area contributed by atoms with Gasteiger partial charge in [0, 0.05) is 60.8 Å². The molecule has 2 aromatic heterocycles. The van der Waals surface area contributed by atoms with E-state index in [1.54, 1.807) is 6.20 Å². The number of hydrogen-bond donors (Lipinski definition) is 3. The number of nitrogens with zero attached hydrogens (tertiary/aromatic N) is 3. The average molecular weight is 488 g/mol. The Labute approximate surface area is 211 Å². The summed E-state index contributed by atoms with van der Waals surface area (Å²) in [5, 5.41) is 15.9. The number of amides is 1. The number of anilines is 2. The number of pyridine rings is 1. The Hall–Kier alpha value is -3.36. The van der Waals surface area contributed by atoms with Gasteiger partial charge in [0.15, 0.2) is 0 Å². The maximum absolute atomic E-state index is 12.7. The molecule has 0 spiro atoms. The Kier molecular flexibility index (Phi) is 6.98. The van der Waals surface area contributed by atoms with E-state index in [0.29, 0.717) is 24.7 Å². The second kappa shape index (κ2) is 10.3. The van der Waals surface area contributed by atoms with E-state index in [1.807, 2.05) is 37.4 Å². The van der Waals surface area contributed by atoms with Crippen LogP contribution in [0.5, 0.6) is 0 Å². The Bertz CT molecular complexity index is 1250. The Morgan fingerprint density at radius 2 is 2.03 bits per heavy atom. The number of nitrogens with one attached hydrogen (secondary N) is 2. The quantitative estimate of drug-likeness (QED) is 0.461. The van der Waals surface area contributed by atoms with Crippen molar-refractivity contribution in [3.8, 4) is 11.3 Å². The maximum Gasteiger partial charge on any atom is 0.251 e. The predicted octanol–water partition coefficient (Wildman–Crippen LogP) is 4.09. The first kappa shape index (κ1) is 24.3. The van der Waals surface area contributed by atoms with Gasteiger partial charge in [-0.05, 0) is 85.9 Å². The molecule has 188 valence electrons. The van der Waals surface area contributed by atoms with Crippen molar-refractivity contribution in [3.63, 3.8) is 0 Å². The number of rotatable bonds is 7. The van der Waals surface area contributed by atoms with Gasteiger partial charge in [-0.15, -0.1) is 0 Å². The molecule has 1 aliphatic carbocycles. The third-order valence-electron chi connectivity index (χ3n) is 7.44. The van der Waals surface area contributed by atoms with Crippen LogP contribution in [0.25, 0.3) is 11.3 Å². The van der Waals surface area contributed by atoms with Crippen LogP contribution < -0.4 is 10.6 Å². The third-order valence-corrected chi connectivity index (χ3v) is 7.44. The highest BCUT2D eigenvalue weighted by molar-refractivity contribution is 5.95. The van der Waals surface area contributed by atoms with E-state index in [9.17, 15) is 9.90 Å². The minimum absolute atomic E-state index is 0.0584. The molecule has 8 nitrogen and oxygen atoms in total. The normalized spacial score (nSPS) is 19.6. The summed E-state index contributed by atoms with van der Waals surface area (Å²) in [4.78, 5) is 26.5. The lowest BCUT2D eigenvalue weighted by atomic mass is 9.81. The second-order valence-electron chi connectivity index (χ2n) is 10.0. The number of fused-ring (bicyclic) bond motifs is 1. The largest absolute Gasteiger partial charge is 0.396 e. The van der Waals surface area contributed by atoms with Gasteiger partial charge in [-0.25, -0.2) is 9.97 Å². The molecule has 1 aromatic carbocycles. The summed E-state index contributed by atoms with van der Waals surface area (Å²) in [6.45, 7) is 5.70. The van der Waals surface area contributed by atoms with E-state index >= 15 is 0 Å². The van der Waals surface area contributed by atoms with Crippen LogP contribution in [0.1, 0.15) is 59.8 Å². The van der Waals surface area contributed by atoms with E-state index in [0.717, 1.165) is 60.3 Å². The lowest BCUT2D eigenvalue weighted by Gasteiger charge is -2.24. The Balaban J connectivity index is 1.32. The van der Waals surface area contributed by atoms with Crippen LogP contribution in [-0.2, 0) is 16.6 Å². The van der Waals surface area contributed by atoms with Crippen molar-refractivity contribution < 1.29 is 14.6 Å². The van der Waals surface area contributed by atoms with Gasteiger partial charge >= 0.3 is 0 Å². The topological polar surface area (TPSA) is 109 Å². The second-order valence-corrected chi connectivity index (χ2v) is 10.0. The number of aryl methyl sites for hydroxylation is 2. The van der Waals surface area contributed by atoms with Crippen LogP contribution in [0.15, 0.2) is 42.7 Å². The molecule has 5 rings (SSSR count). The summed E-state index contributed by atoms with van der Waals surface area (Å²) in [6.07, 6.45) is 7.95. The molecule has 1 aliphatic heterocycles. The fraction of sp³-hybridized carbons (Fsp3) is 0.429. The molecule has 3 N–H and O–H groups in total. The van der Waals surface area contributed by atoms with Crippen molar-refractivity contribution in [1.29, 1.82) is 0 Å². The average Bonchev–Trinajstić information content (AvgIpc) is 3.22. The SMILES string of the molecule is Cc1cc(C(=O)NC2CCOCC2)ccc1Nc1nccc(-c2cnc3c(c2)C(C)(CCO)CC3)n1. The summed E-state index contributed by atoms with van der Waals surface area (Å²) >= 11 is 0. The number of aromatic nitrogens is 3. The fourth-order valence-corrected chi connectivity index (χ4v) is 5.15. The van der Waals surface area contributed by atoms with Gasteiger partial charge in [-0.3, -0.25) is 9.78 Å². The standard InChI is InChI=1S/C28H33N5O3/c1-18-15-19(26(35)31-21-7-13-36-14-8-21)3-4-23(18)32-27-29-11-6-24(33-27)20-16-22-25(30-17-20)5-9-28(22,2)10-12-34/h3-4,6,11,15-17,21,34H,5,7-10,12-14H2,1-2H3,(H,31,35)(H,29,32,33). The number of carbonyl (C=O) groups excluding carboxylic acids is 1. The van der Waals surface area contributed by atoms with Crippen LogP contribution in [0.2, 0.25) is 0 Å². The molecule has 1 atom stereocenters. The summed E-state index contributed by atoms with van der Waals surface area (Å²) < 4.78 is 5.37. The molecule has 1 amide bonds. The van der Waals surface area contributed by atoms with Gasteiger partial charge in [0.05, 0.1) is 5.69 Å². The number of aliphatic hydroxyl groups is 1. The highest BCUT2D eigenvalue weighted by Crippen LogP contribution is 2.41. The van der Waals surface area contributed by atoms with E-state index in [1.165, 1.54) is 5.56 Å².